The van der Waals surface area contributed by atoms with E-state index in [4.69, 9.17) is 9.47 Å². The van der Waals surface area contributed by atoms with Crippen LogP contribution in [0.2, 0.25) is 0 Å². The minimum Gasteiger partial charge on any atom is -0.476 e. The Kier molecular flexibility index (Phi) is 7.83. The highest BCUT2D eigenvalue weighted by Crippen LogP contribution is 2.38. The number of pyridine rings is 1. The zero-order valence-electron chi connectivity index (χ0n) is 18.5. The lowest BCUT2D eigenvalue weighted by Crippen LogP contribution is -2.16. The Morgan fingerprint density at radius 1 is 1.03 bits per heavy atom. The van der Waals surface area contributed by atoms with E-state index < -0.39 is 21.7 Å². The van der Waals surface area contributed by atoms with Crippen LogP contribution in [0.5, 0.6) is 17.4 Å². The smallest absolute Gasteiger partial charge is 0.232 e. The molecule has 0 amide bonds. The number of likely N-dealkylation sites (N-methyl/N-ethyl adjacent to an activating group) is 1. The first kappa shape index (κ1) is 24.4. The molecule has 2 N–H and O–H groups in total. The molecule has 0 aliphatic rings. The number of hydrogen-bond donors (Lipinski definition) is 2. The van der Waals surface area contributed by atoms with E-state index in [2.05, 4.69) is 15.0 Å². The number of aryl methyl sites for hydroxylation is 1. The highest BCUT2D eigenvalue weighted by molar-refractivity contribution is 7.92. The standard InChI is InChI=1S/C23H25F2N3O4S/c1-4-33(29,30)28-18-6-8-21(32-22-7-5-17(24)13-20(22)25)19(14-18)16-11-15(2)27-23(12-16)31-10-9-26-3/h5-8,11-14,26,28H,4,9-10H2,1-3H3. The zero-order valence-corrected chi connectivity index (χ0v) is 19.3. The number of anilines is 1. The van der Waals surface area contributed by atoms with Gasteiger partial charge in [0.25, 0.3) is 0 Å². The van der Waals surface area contributed by atoms with Gasteiger partial charge in [-0.25, -0.2) is 22.2 Å². The van der Waals surface area contributed by atoms with Crippen LogP contribution in [0.15, 0.2) is 48.5 Å². The molecule has 10 heteroatoms. The van der Waals surface area contributed by atoms with Gasteiger partial charge in [-0.3, -0.25) is 4.72 Å². The Bertz CT molecular complexity index is 1240. The Balaban J connectivity index is 2.07. The molecule has 0 aliphatic heterocycles. The number of sulfonamides is 1. The van der Waals surface area contributed by atoms with Crippen LogP contribution in [0.1, 0.15) is 12.6 Å². The highest BCUT2D eigenvalue weighted by Gasteiger charge is 2.16. The molecule has 0 saturated carbocycles. The maximum atomic E-state index is 14.2. The van der Waals surface area contributed by atoms with Crippen molar-refractivity contribution in [3.8, 4) is 28.5 Å². The molecule has 3 rings (SSSR count). The largest absolute Gasteiger partial charge is 0.476 e. The molecule has 1 aromatic heterocycles. The summed E-state index contributed by atoms with van der Waals surface area (Å²) < 4.78 is 65.6. The molecule has 0 spiro atoms. The average Bonchev–Trinajstić information content (AvgIpc) is 2.76. The normalized spacial score (nSPS) is 11.3. The summed E-state index contributed by atoms with van der Waals surface area (Å²) in [6.07, 6.45) is 0. The molecule has 33 heavy (non-hydrogen) atoms. The van der Waals surface area contributed by atoms with Gasteiger partial charge in [-0.15, -0.1) is 0 Å². The monoisotopic (exact) mass is 477 g/mol. The Hall–Kier alpha value is -3.24. The predicted octanol–water partition coefficient (Wildman–Crippen LogP) is 4.49. The van der Waals surface area contributed by atoms with E-state index in [0.717, 1.165) is 12.1 Å². The van der Waals surface area contributed by atoms with Crippen molar-refractivity contribution in [3.05, 3.63) is 65.9 Å². The first-order chi connectivity index (χ1) is 15.7. The van der Waals surface area contributed by atoms with Crippen molar-refractivity contribution in [3.63, 3.8) is 0 Å². The SMILES string of the molecule is CCS(=O)(=O)Nc1ccc(Oc2ccc(F)cc2F)c(-c2cc(C)nc(OCCNC)c2)c1. The maximum absolute atomic E-state index is 14.2. The first-order valence-electron chi connectivity index (χ1n) is 10.2. The summed E-state index contributed by atoms with van der Waals surface area (Å²) >= 11 is 0. The van der Waals surface area contributed by atoms with Gasteiger partial charge in [0.05, 0.1) is 5.75 Å². The second-order valence-electron chi connectivity index (χ2n) is 7.18. The molecule has 0 unspecified atom stereocenters. The van der Waals surface area contributed by atoms with E-state index in [0.29, 0.717) is 41.5 Å². The lowest BCUT2D eigenvalue weighted by atomic mass is 10.0. The molecule has 0 radical (unpaired) electrons. The topological polar surface area (TPSA) is 89.6 Å². The van der Waals surface area contributed by atoms with Gasteiger partial charge in [-0.05, 0) is 62.9 Å². The second-order valence-corrected chi connectivity index (χ2v) is 9.19. The summed E-state index contributed by atoms with van der Waals surface area (Å²) in [5.74, 6) is -1.24. The molecule has 2 aromatic carbocycles. The van der Waals surface area contributed by atoms with E-state index in [1.807, 2.05) is 0 Å². The van der Waals surface area contributed by atoms with Crippen LogP contribution >= 0.6 is 0 Å². The molecule has 7 nitrogen and oxygen atoms in total. The lowest BCUT2D eigenvalue weighted by molar-refractivity contribution is 0.306. The number of halogens is 2. The number of aromatic nitrogens is 1. The van der Waals surface area contributed by atoms with Crippen molar-refractivity contribution in [1.29, 1.82) is 0 Å². The van der Waals surface area contributed by atoms with Crippen LogP contribution < -0.4 is 19.5 Å². The summed E-state index contributed by atoms with van der Waals surface area (Å²) in [5.41, 5.74) is 2.06. The summed E-state index contributed by atoms with van der Waals surface area (Å²) in [6, 6.07) is 11.1. The predicted molar refractivity (Wildman–Crippen MR) is 123 cm³/mol. The Morgan fingerprint density at radius 2 is 1.79 bits per heavy atom. The number of ether oxygens (including phenoxy) is 2. The highest BCUT2D eigenvalue weighted by atomic mass is 32.2. The third-order valence-electron chi connectivity index (χ3n) is 4.59. The second kappa shape index (κ2) is 10.6. The van der Waals surface area contributed by atoms with E-state index in [9.17, 15) is 17.2 Å². The fourth-order valence-corrected chi connectivity index (χ4v) is 3.59. The third-order valence-corrected chi connectivity index (χ3v) is 5.90. The quantitative estimate of drug-likeness (QED) is 0.419. The van der Waals surface area contributed by atoms with Crippen molar-refractivity contribution >= 4 is 15.7 Å². The summed E-state index contributed by atoms with van der Waals surface area (Å²) in [6.45, 7) is 4.33. The van der Waals surface area contributed by atoms with Gasteiger partial charge >= 0.3 is 0 Å². The molecule has 3 aromatic rings. The zero-order chi connectivity index (χ0) is 24.0. The van der Waals surface area contributed by atoms with Crippen molar-refractivity contribution in [2.75, 3.05) is 30.7 Å². The van der Waals surface area contributed by atoms with Crippen LogP contribution in [-0.2, 0) is 10.0 Å². The number of rotatable bonds is 10. The molecule has 0 atom stereocenters. The molecular formula is C23H25F2N3O4S. The minimum atomic E-state index is -3.52. The van der Waals surface area contributed by atoms with Gasteiger partial charge in [0.1, 0.15) is 18.2 Å². The van der Waals surface area contributed by atoms with Gasteiger partial charge in [-0.1, -0.05) is 0 Å². The fraction of sp³-hybridized carbons (Fsp3) is 0.261. The fourth-order valence-electron chi connectivity index (χ4n) is 2.96. The maximum Gasteiger partial charge on any atom is 0.232 e. The Labute approximate surface area is 191 Å². The van der Waals surface area contributed by atoms with Crippen LogP contribution in [-0.4, -0.2) is 39.4 Å². The van der Waals surface area contributed by atoms with Gasteiger partial charge in [-0.2, -0.15) is 0 Å². The molecule has 0 aliphatic carbocycles. The van der Waals surface area contributed by atoms with Gasteiger partial charge in [0, 0.05) is 35.6 Å². The molecule has 176 valence electrons. The van der Waals surface area contributed by atoms with E-state index in [1.165, 1.54) is 25.1 Å². The molecule has 0 bridgehead atoms. The van der Waals surface area contributed by atoms with Crippen molar-refractivity contribution in [2.24, 2.45) is 0 Å². The van der Waals surface area contributed by atoms with Gasteiger partial charge in [0.15, 0.2) is 11.6 Å². The molecule has 1 heterocycles. The number of benzene rings is 2. The van der Waals surface area contributed by atoms with E-state index >= 15 is 0 Å². The van der Waals surface area contributed by atoms with Gasteiger partial charge in [0.2, 0.25) is 15.9 Å². The van der Waals surface area contributed by atoms with Crippen LogP contribution in [0, 0.1) is 18.6 Å². The molecular weight excluding hydrogens is 452 g/mol. The van der Waals surface area contributed by atoms with E-state index in [1.54, 1.807) is 32.2 Å². The van der Waals surface area contributed by atoms with Crippen molar-refractivity contribution < 1.29 is 26.7 Å². The van der Waals surface area contributed by atoms with Crippen LogP contribution in [0.3, 0.4) is 0 Å². The summed E-state index contributed by atoms with van der Waals surface area (Å²) in [5, 5.41) is 2.98. The summed E-state index contributed by atoms with van der Waals surface area (Å²) in [4.78, 5) is 4.36. The summed E-state index contributed by atoms with van der Waals surface area (Å²) in [7, 11) is -1.72. The Morgan fingerprint density at radius 3 is 2.48 bits per heavy atom. The van der Waals surface area contributed by atoms with Crippen molar-refractivity contribution in [1.82, 2.24) is 10.3 Å². The van der Waals surface area contributed by atoms with Gasteiger partial charge < -0.3 is 14.8 Å². The minimum absolute atomic E-state index is 0.0980. The van der Waals surface area contributed by atoms with E-state index in [-0.39, 0.29) is 17.3 Å². The number of nitrogens with zero attached hydrogens (tertiary/aromatic N) is 1. The number of nitrogens with one attached hydrogen (secondary N) is 2. The number of hydrogen-bond acceptors (Lipinski definition) is 6. The molecule has 0 saturated heterocycles. The molecule has 0 fully saturated rings. The average molecular weight is 478 g/mol. The first-order valence-corrected chi connectivity index (χ1v) is 11.9. The lowest BCUT2D eigenvalue weighted by Gasteiger charge is -2.16. The van der Waals surface area contributed by atoms with Crippen LogP contribution in [0.4, 0.5) is 14.5 Å². The third kappa shape index (κ3) is 6.62. The van der Waals surface area contributed by atoms with Crippen LogP contribution in [0.25, 0.3) is 11.1 Å². The van der Waals surface area contributed by atoms with Crippen molar-refractivity contribution in [2.45, 2.75) is 13.8 Å².